The largest absolute Gasteiger partial charge is 0.313 e. The average Bonchev–Trinajstić information content (AvgIpc) is 2.60. The molecule has 0 aromatic carbocycles. The average molecular weight is 418 g/mol. The summed E-state index contributed by atoms with van der Waals surface area (Å²) in [6.07, 6.45) is 20.4. The van der Waals surface area contributed by atoms with E-state index in [1.807, 2.05) is 6.20 Å². The Balaban J connectivity index is 1.53. The molecule has 0 bridgehead atoms. The number of fused-ring (bicyclic) bond motifs is 1. The molecule has 1 saturated carbocycles. The number of nitrogens with zero attached hydrogens (tertiary/aromatic N) is 1. The second-order valence-corrected chi connectivity index (χ2v) is 9.24. The summed E-state index contributed by atoms with van der Waals surface area (Å²) in [6.45, 7) is 4.54. The molecule has 0 aromatic rings. The van der Waals surface area contributed by atoms with Crippen molar-refractivity contribution >= 4 is 21.7 Å². The summed E-state index contributed by atoms with van der Waals surface area (Å²) in [7, 11) is 0. The zero-order valence-electron chi connectivity index (χ0n) is 16.3. The first-order chi connectivity index (χ1) is 12.5. The highest BCUT2D eigenvalue weighted by Gasteiger charge is 2.25. The molecule has 142 valence electrons. The molecule has 3 rings (SSSR count). The molecule has 0 aromatic heterocycles. The van der Waals surface area contributed by atoms with Gasteiger partial charge in [0.25, 0.3) is 0 Å². The summed E-state index contributed by atoms with van der Waals surface area (Å²) in [5.41, 5.74) is 3.34. The standard InChI is InChI=1S/C23H32BrNO/c1-17-6-3-4-7-19(12-10-17)8-5-9-23(26)22-14-11-18(2)21-15-13-20(24)16-25(21)22/h13-17,19H,3-12H2,1-2H3/t17-,19?/m0/s1. The summed E-state index contributed by atoms with van der Waals surface area (Å²) in [4.78, 5) is 15.0. The Hall–Kier alpha value is -1.09. The van der Waals surface area contributed by atoms with Gasteiger partial charge in [-0.1, -0.05) is 57.9 Å². The van der Waals surface area contributed by atoms with Crippen molar-refractivity contribution in [2.24, 2.45) is 11.8 Å². The van der Waals surface area contributed by atoms with Gasteiger partial charge < -0.3 is 4.90 Å². The lowest BCUT2D eigenvalue weighted by Crippen LogP contribution is -2.26. The summed E-state index contributed by atoms with van der Waals surface area (Å²) in [6, 6.07) is 0. The van der Waals surface area contributed by atoms with Crippen molar-refractivity contribution in [2.45, 2.75) is 78.1 Å². The van der Waals surface area contributed by atoms with Crippen LogP contribution >= 0.6 is 15.9 Å². The molecule has 2 atom stereocenters. The third-order valence-electron chi connectivity index (χ3n) is 6.14. The van der Waals surface area contributed by atoms with Crippen LogP contribution in [-0.4, -0.2) is 10.7 Å². The topological polar surface area (TPSA) is 20.3 Å². The van der Waals surface area contributed by atoms with Crippen molar-refractivity contribution in [3.8, 4) is 0 Å². The van der Waals surface area contributed by atoms with E-state index < -0.39 is 0 Å². The number of ketones is 1. The second-order valence-electron chi connectivity index (χ2n) is 8.32. The molecule has 3 heteroatoms. The Morgan fingerprint density at radius 3 is 2.85 bits per heavy atom. The minimum Gasteiger partial charge on any atom is -0.313 e. The van der Waals surface area contributed by atoms with Gasteiger partial charge in [-0.15, -0.1) is 0 Å². The van der Waals surface area contributed by atoms with Crippen LogP contribution in [0, 0.1) is 11.8 Å². The Labute approximate surface area is 167 Å². The molecule has 0 amide bonds. The number of hydrogen-bond acceptors (Lipinski definition) is 2. The molecule has 26 heavy (non-hydrogen) atoms. The minimum absolute atomic E-state index is 0.293. The highest BCUT2D eigenvalue weighted by Crippen LogP contribution is 2.33. The third-order valence-corrected chi connectivity index (χ3v) is 6.61. The van der Waals surface area contributed by atoms with Gasteiger partial charge in [-0.05, 0) is 65.3 Å². The van der Waals surface area contributed by atoms with Crippen molar-refractivity contribution in [2.75, 3.05) is 0 Å². The maximum Gasteiger partial charge on any atom is 0.179 e. The summed E-state index contributed by atoms with van der Waals surface area (Å²) in [5.74, 6) is 2.01. The summed E-state index contributed by atoms with van der Waals surface area (Å²) in [5, 5.41) is 0. The predicted octanol–water partition coefficient (Wildman–Crippen LogP) is 7.00. The number of carbonyl (C=O) groups excluding carboxylic acids is 1. The maximum atomic E-state index is 12.9. The molecular formula is C23H32BrNO. The van der Waals surface area contributed by atoms with Crippen LogP contribution in [0.4, 0.5) is 0 Å². The van der Waals surface area contributed by atoms with Crippen LogP contribution < -0.4 is 0 Å². The van der Waals surface area contributed by atoms with Crippen LogP contribution in [0.1, 0.15) is 78.1 Å². The van der Waals surface area contributed by atoms with Crippen molar-refractivity contribution in [3.05, 3.63) is 45.9 Å². The molecule has 2 nitrogen and oxygen atoms in total. The van der Waals surface area contributed by atoms with Gasteiger partial charge in [-0.2, -0.15) is 0 Å². The van der Waals surface area contributed by atoms with E-state index in [4.69, 9.17) is 0 Å². The number of allylic oxidation sites excluding steroid dienone is 6. The van der Waals surface area contributed by atoms with Gasteiger partial charge in [0.15, 0.2) is 5.78 Å². The van der Waals surface area contributed by atoms with E-state index in [0.29, 0.717) is 12.2 Å². The fraction of sp³-hybridized carbons (Fsp3) is 0.609. The smallest absolute Gasteiger partial charge is 0.179 e. The number of Topliss-reactive ketones (excluding diaryl/α,β-unsaturated/α-hetero) is 1. The highest BCUT2D eigenvalue weighted by atomic mass is 79.9. The first-order valence-electron chi connectivity index (χ1n) is 10.3. The highest BCUT2D eigenvalue weighted by molar-refractivity contribution is 9.11. The van der Waals surface area contributed by atoms with Crippen LogP contribution in [-0.2, 0) is 4.79 Å². The zero-order valence-corrected chi connectivity index (χ0v) is 17.9. The number of hydrogen-bond donors (Lipinski definition) is 0. The molecule has 0 spiro atoms. The third kappa shape index (κ3) is 5.00. The summed E-state index contributed by atoms with van der Waals surface area (Å²) < 4.78 is 1.01. The van der Waals surface area contributed by atoms with Gasteiger partial charge in [0.2, 0.25) is 0 Å². The SMILES string of the molecule is CC1=C2C=CC(Br)=CN2C(C(=O)CCCC2CCCC[C@H](C)CC2)=CC1. The molecule has 2 aliphatic heterocycles. The fourth-order valence-corrected chi connectivity index (χ4v) is 4.76. The van der Waals surface area contributed by atoms with E-state index in [0.717, 1.165) is 40.6 Å². The van der Waals surface area contributed by atoms with E-state index in [-0.39, 0.29) is 0 Å². The molecule has 1 unspecified atom stereocenters. The molecular weight excluding hydrogens is 386 g/mol. The van der Waals surface area contributed by atoms with Crippen molar-refractivity contribution in [3.63, 3.8) is 0 Å². The Morgan fingerprint density at radius 2 is 2.00 bits per heavy atom. The first-order valence-corrected chi connectivity index (χ1v) is 11.1. The van der Waals surface area contributed by atoms with Gasteiger partial charge in [0.05, 0.1) is 5.70 Å². The number of rotatable bonds is 5. The molecule has 0 radical (unpaired) electrons. The lowest BCUT2D eigenvalue weighted by atomic mass is 9.83. The van der Waals surface area contributed by atoms with E-state index in [1.165, 1.54) is 50.5 Å². The number of halogens is 1. The van der Waals surface area contributed by atoms with Gasteiger partial charge in [-0.3, -0.25) is 4.79 Å². The van der Waals surface area contributed by atoms with Crippen LogP contribution in [0.5, 0.6) is 0 Å². The van der Waals surface area contributed by atoms with Crippen LogP contribution in [0.3, 0.4) is 0 Å². The fourth-order valence-electron chi connectivity index (χ4n) is 4.43. The molecule has 2 heterocycles. The quantitative estimate of drug-likeness (QED) is 0.479. The van der Waals surface area contributed by atoms with Gasteiger partial charge >= 0.3 is 0 Å². The Kier molecular flexibility index (Phi) is 6.97. The Morgan fingerprint density at radius 1 is 1.19 bits per heavy atom. The van der Waals surface area contributed by atoms with Gasteiger partial charge in [-0.25, -0.2) is 0 Å². The van der Waals surface area contributed by atoms with Crippen LogP contribution in [0.25, 0.3) is 0 Å². The molecule has 0 N–H and O–H groups in total. The first kappa shape index (κ1) is 19.7. The van der Waals surface area contributed by atoms with Gasteiger partial charge in [0.1, 0.15) is 0 Å². The van der Waals surface area contributed by atoms with E-state index in [2.05, 4.69) is 52.9 Å². The molecule has 1 aliphatic carbocycles. The molecule has 1 fully saturated rings. The number of carbonyl (C=O) groups is 1. The lowest BCUT2D eigenvalue weighted by molar-refractivity contribution is -0.116. The second kappa shape index (κ2) is 9.21. The minimum atomic E-state index is 0.293. The van der Waals surface area contributed by atoms with Crippen molar-refractivity contribution in [1.82, 2.24) is 4.90 Å². The maximum absolute atomic E-state index is 12.9. The van der Waals surface area contributed by atoms with E-state index >= 15 is 0 Å². The van der Waals surface area contributed by atoms with Crippen LogP contribution in [0.2, 0.25) is 0 Å². The monoisotopic (exact) mass is 417 g/mol. The Bertz CT molecular complexity index is 655. The lowest BCUT2D eigenvalue weighted by Gasteiger charge is -2.31. The van der Waals surface area contributed by atoms with Gasteiger partial charge in [0, 0.05) is 22.8 Å². The van der Waals surface area contributed by atoms with Crippen LogP contribution in [0.15, 0.2) is 45.9 Å². The molecule has 0 saturated heterocycles. The van der Waals surface area contributed by atoms with Crippen molar-refractivity contribution in [1.29, 1.82) is 0 Å². The zero-order chi connectivity index (χ0) is 18.5. The normalized spacial score (nSPS) is 26.7. The predicted molar refractivity (Wildman–Crippen MR) is 113 cm³/mol. The van der Waals surface area contributed by atoms with Crippen molar-refractivity contribution < 1.29 is 4.79 Å². The van der Waals surface area contributed by atoms with E-state index in [9.17, 15) is 4.79 Å². The van der Waals surface area contributed by atoms with E-state index in [1.54, 1.807) is 0 Å². The summed E-state index contributed by atoms with van der Waals surface area (Å²) >= 11 is 3.54. The molecule has 3 aliphatic rings.